The molecule has 2 heteroatoms. The molecule has 0 radical (unpaired) electrons. The molecule has 0 aromatic heterocycles. The van der Waals surface area contributed by atoms with E-state index >= 15 is 0 Å². The van der Waals surface area contributed by atoms with Crippen molar-refractivity contribution in [2.24, 2.45) is 0 Å². The molecule has 13 heavy (non-hydrogen) atoms. The molecule has 0 aliphatic rings. The fourth-order valence-corrected chi connectivity index (χ4v) is 1.62. The second-order valence-electron chi connectivity index (χ2n) is 3.13. The van der Waals surface area contributed by atoms with Gasteiger partial charge < -0.3 is 4.18 Å². The Morgan fingerprint density at radius 3 is 2.38 bits per heavy atom. The molecule has 0 N–H and O–H groups in total. The van der Waals surface area contributed by atoms with Gasteiger partial charge in [-0.1, -0.05) is 26.0 Å². The summed E-state index contributed by atoms with van der Waals surface area (Å²) in [6.07, 6.45) is 1.19. The second kappa shape index (κ2) is 5.30. The van der Waals surface area contributed by atoms with Gasteiger partial charge in [0.25, 0.3) is 0 Å². The zero-order valence-corrected chi connectivity index (χ0v) is 9.23. The van der Waals surface area contributed by atoms with E-state index in [9.17, 15) is 0 Å². The van der Waals surface area contributed by atoms with Gasteiger partial charge >= 0.3 is 0 Å². The van der Waals surface area contributed by atoms with E-state index in [1.165, 1.54) is 24.0 Å². The van der Waals surface area contributed by atoms with Crippen LogP contribution in [0.3, 0.4) is 0 Å². The molecule has 1 atom stereocenters. The van der Waals surface area contributed by atoms with Gasteiger partial charge in [0, 0.05) is 16.9 Å². The molecule has 0 saturated carbocycles. The molecular formula is C11H16OS. The van der Waals surface area contributed by atoms with Crippen molar-refractivity contribution >= 4 is 12.0 Å². The van der Waals surface area contributed by atoms with Crippen LogP contribution in [0.5, 0.6) is 0 Å². The molecule has 0 fully saturated rings. The van der Waals surface area contributed by atoms with Crippen LogP contribution in [0.1, 0.15) is 31.7 Å². The smallest absolute Gasteiger partial charge is 0.0508 e. The highest BCUT2D eigenvalue weighted by Crippen LogP contribution is 2.23. The number of hydrogen-bond acceptors (Lipinski definition) is 2. The Hall–Kier alpha value is -0.470. The minimum Gasteiger partial charge on any atom is -0.314 e. The topological polar surface area (TPSA) is 9.23 Å². The summed E-state index contributed by atoms with van der Waals surface area (Å²) >= 11 is 1.40. The summed E-state index contributed by atoms with van der Waals surface area (Å²) in [4.78, 5) is 1.16. The Kier molecular flexibility index (Phi) is 4.33. The molecule has 0 spiro atoms. The van der Waals surface area contributed by atoms with Gasteiger partial charge in [-0.25, -0.2) is 0 Å². The summed E-state index contributed by atoms with van der Waals surface area (Å²) in [6, 6.07) is 8.57. The van der Waals surface area contributed by atoms with Crippen LogP contribution >= 0.6 is 12.0 Å². The predicted molar refractivity (Wildman–Crippen MR) is 58.0 cm³/mol. The largest absolute Gasteiger partial charge is 0.314 e. The Morgan fingerprint density at radius 2 is 1.92 bits per heavy atom. The van der Waals surface area contributed by atoms with Gasteiger partial charge in [0.15, 0.2) is 0 Å². The van der Waals surface area contributed by atoms with Crippen LogP contribution in [0.15, 0.2) is 29.2 Å². The Balaban J connectivity index is 2.69. The Bertz CT molecular complexity index is 243. The van der Waals surface area contributed by atoms with Crippen molar-refractivity contribution < 1.29 is 4.18 Å². The van der Waals surface area contributed by atoms with Crippen LogP contribution in [0.4, 0.5) is 0 Å². The first-order chi connectivity index (χ1) is 6.27. The quantitative estimate of drug-likeness (QED) is 0.676. The molecule has 0 aliphatic carbocycles. The third-order valence-corrected chi connectivity index (χ3v) is 2.87. The molecule has 1 aromatic rings. The van der Waals surface area contributed by atoms with Gasteiger partial charge in [0.2, 0.25) is 0 Å². The van der Waals surface area contributed by atoms with Crippen molar-refractivity contribution in [3.8, 4) is 0 Å². The Labute approximate surface area is 84.7 Å². The van der Waals surface area contributed by atoms with Crippen LogP contribution in [-0.2, 0) is 4.18 Å². The molecular weight excluding hydrogens is 180 g/mol. The molecule has 1 unspecified atom stereocenters. The third kappa shape index (κ3) is 3.05. The maximum Gasteiger partial charge on any atom is 0.0508 e. The average Bonchev–Trinajstić information content (AvgIpc) is 2.18. The number of benzene rings is 1. The predicted octanol–water partition coefficient (Wildman–Crippen LogP) is 3.85. The number of hydrogen-bond donors (Lipinski definition) is 0. The fourth-order valence-electron chi connectivity index (χ4n) is 1.18. The standard InChI is InChI=1S/C11H16OS/c1-4-9(2)10-5-7-11(8-6-10)13-12-3/h5-9H,4H2,1-3H3. The summed E-state index contributed by atoms with van der Waals surface area (Å²) in [5, 5.41) is 0. The fraction of sp³-hybridized carbons (Fsp3) is 0.455. The zero-order valence-electron chi connectivity index (χ0n) is 8.41. The van der Waals surface area contributed by atoms with E-state index < -0.39 is 0 Å². The first-order valence-corrected chi connectivity index (χ1v) is 5.32. The average molecular weight is 196 g/mol. The molecule has 0 saturated heterocycles. The van der Waals surface area contributed by atoms with E-state index in [1.54, 1.807) is 7.11 Å². The third-order valence-electron chi connectivity index (χ3n) is 2.24. The molecule has 1 rings (SSSR count). The van der Waals surface area contributed by atoms with Crippen LogP contribution in [0.25, 0.3) is 0 Å². The van der Waals surface area contributed by atoms with Crippen molar-refractivity contribution in [3.63, 3.8) is 0 Å². The monoisotopic (exact) mass is 196 g/mol. The SMILES string of the molecule is CCC(C)c1ccc(SOC)cc1. The lowest BCUT2D eigenvalue weighted by Crippen LogP contribution is -1.90. The molecule has 0 amide bonds. The summed E-state index contributed by atoms with van der Waals surface area (Å²) in [6.45, 7) is 4.46. The maximum absolute atomic E-state index is 4.97. The van der Waals surface area contributed by atoms with Gasteiger partial charge in [-0.2, -0.15) is 0 Å². The van der Waals surface area contributed by atoms with E-state index in [0.29, 0.717) is 5.92 Å². The van der Waals surface area contributed by atoms with Gasteiger partial charge in [-0.3, -0.25) is 0 Å². The molecule has 0 bridgehead atoms. The van der Waals surface area contributed by atoms with Crippen LogP contribution in [0, 0.1) is 0 Å². The van der Waals surface area contributed by atoms with Crippen molar-refractivity contribution in [1.29, 1.82) is 0 Å². The highest BCUT2D eigenvalue weighted by molar-refractivity contribution is 7.94. The van der Waals surface area contributed by atoms with E-state index in [-0.39, 0.29) is 0 Å². The van der Waals surface area contributed by atoms with Crippen LogP contribution in [0.2, 0.25) is 0 Å². The lowest BCUT2D eigenvalue weighted by molar-refractivity contribution is 0.490. The summed E-state index contributed by atoms with van der Waals surface area (Å²) < 4.78 is 4.97. The van der Waals surface area contributed by atoms with Crippen molar-refractivity contribution in [2.75, 3.05) is 7.11 Å². The minimum atomic E-state index is 0.654. The summed E-state index contributed by atoms with van der Waals surface area (Å²) in [5.41, 5.74) is 1.41. The normalized spacial score (nSPS) is 12.8. The van der Waals surface area contributed by atoms with E-state index in [4.69, 9.17) is 4.18 Å². The van der Waals surface area contributed by atoms with E-state index in [0.717, 1.165) is 4.90 Å². The van der Waals surface area contributed by atoms with Gasteiger partial charge in [-0.05, 0) is 30.0 Å². The maximum atomic E-state index is 4.97. The molecule has 72 valence electrons. The highest BCUT2D eigenvalue weighted by atomic mass is 32.2. The van der Waals surface area contributed by atoms with Crippen LogP contribution < -0.4 is 0 Å². The lowest BCUT2D eigenvalue weighted by Gasteiger charge is -2.08. The summed E-state index contributed by atoms with van der Waals surface area (Å²) in [5.74, 6) is 0.654. The molecule has 0 heterocycles. The zero-order chi connectivity index (χ0) is 9.68. The van der Waals surface area contributed by atoms with Crippen molar-refractivity contribution in [1.82, 2.24) is 0 Å². The molecule has 1 aromatic carbocycles. The Morgan fingerprint density at radius 1 is 1.31 bits per heavy atom. The van der Waals surface area contributed by atoms with Crippen molar-refractivity contribution in [3.05, 3.63) is 29.8 Å². The second-order valence-corrected chi connectivity index (χ2v) is 4.10. The van der Waals surface area contributed by atoms with Gasteiger partial charge in [0.05, 0.1) is 7.11 Å². The summed E-state index contributed by atoms with van der Waals surface area (Å²) in [7, 11) is 1.69. The number of rotatable bonds is 4. The first-order valence-electron chi connectivity index (χ1n) is 4.58. The lowest BCUT2D eigenvalue weighted by atomic mass is 9.99. The highest BCUT2D eigenvalue weighted by Gasteiger charge is 2.02. The van der Waals surface area contributed by atoms with Gasteiger partial charge in [-0.15, -0.1) is 0 Å². The van der Waals surface area contributed by atoms with E-state index in [2.05, 4.69) is 38.1 Å². The molecule has 1 nitrogen and oxygen atoms in total. The van der Waals surface area contributed by atoms with Crippen LogP contribution in [-0.4, -0.2) is 7.11 Å². The van der Waals surface area contributed by atoms with Gasteiger partial charge in [0.1, 0.15) is 0 Å². The van der Waals surface area contributed by atoms with Crippen molar-refractivity contribution in [2.45, 2.75) is 31.1 Å². The first kappa shape index (κ1) is 10.6. The minimum absolute atomic E-state index is 0.654. The molecule has 0 aliphatic heterocycles. The van der Waals surface area contributed by atoms with E-state index in [1.807, 2.05) is 0 Å².